The lowest BCUT2D eigenvalue weighted by molar-refractivity contribution is 0.981. The van der Waals surface area contributed by atoms with Gasteiger partial charge >= 0.3 is 0 Å². The van der Waals surface area contributed by atoms with Crippen molar-refractivity contribution in [1.29, 1.82) is 0 Å². The van der Waals surface area contributed by atoms with E-state index < -0.39 is 8.07 Å². The van der Waals surface area contributed by atoms with E-state index in [0.29, 0.717) is 0 Å². The van der Waals surface area contributed by atoms with Gasteiger partial charge in [0.2, 0.25) is 0 Å². The summed E-state index contributed by atoms with van der Waals surface area (Å²) in [4.78, 5) is 2.34. The zero-order chi connectivity index (χ0) is 42.7. The number of anilines is 3. The lowest BCUT2D eigenvalue weighted by Gasteiger charge is -2.35. The summed E-state index contributed by atoms with van der Waals surface area (Å²) >= 11 is 0. The van der Waals surface area contributed by atoms with E-state index in [1.54, 1.807) is 0 Å². The van der Waals surface area contributed by atoms with E-state index in [1.165, 1.54) is 59.2 Å². The lowest BCUT2D eigenvalue weighted by Crippen LogP contribution is -2.74. The number of aromatic nitrogens is 1. The summed E-state index contributed by atoms with van der Waals surface area (Å²) in [7, 11) is -2.93. The van der Waals surface area contributed by atoms with Crippen molar-refractivity contribution in [3.8, 4) is 5.69 Å². The van der Waals surface area contributed by atoms with Crippen LogP contribution in [0.25, 0.3) is 27.5 Å². The number of benzene rings is 10. The number of hydrogen-bond acceptors (Lipinski definition) is 1. The summed E-state index contributed by atoms with van der Waals surface area (Å²) in [5.74, 6) is -0.00434. The zero-order valence-corrected chi connectivity index (χ0v) is 36.5. The van der Waals surface area contributed by atoms with Crippen molar-refractivity contribution >= 4 is 67.7 Å². The van der Waals surface area contributed by atoms with E-state index in [4.69, 9.17) is 0 Å². The van der Waals surface area contributed by atoms with Crippen LogP contribution >= 0.6 is 0 Å². The molecule has 0 saturated heterocycles. The Balaban J connectivity index is 1.11. The number of para-hydroxylation sites is 4. The highest BCUT2D eigenvalue weighted by Crippen LogP contribution is 2.38. The minimum absolute atomic E-state index is 0.00434. The second kappa shape index (κ2) is 17.1. The fourth-order valence-corrected chi connectivity index (χ4v) is 14.8. The van der Waals surface area contributed by atoms with Crippen molar-refractivity contribution in [2.45, 2.75) is 5.92 Å². The van der Waals surface area contributed by atoms with Gasteiger partial charge in [-0.2, -0.15) is 0 Å². The van der Waals surface area contributed by atoms with Gasteiger partial charge in [-0.25, -0.2) is 0 Å². The van der Waals surface area contributed by atoms with Gasteiger partial charge in [-0.3, -0.25) is 0 Å². The van der Waals surface area contributed by atoms with Crippen LogP contribution < -0.4 is 25.6 Å². The molecule has 0 aliphatic heterocycles. The molecule has 0 fully saturated rings. The first-order chi connectivity index (χ1) is 31.8. The van der Waals surface area contributed by atoms with Crippen molar-refractivity contribution < 1.29 is 0 Å². The molecule has 0 aliphatic rings. The Morgan fingerprint density at radius 3 is 1.34 bits per heavy atom. The number of nitrogens with zero attached hydrogens (tertiary/aromatic N) is 2. The van der Waals surface area contributed by atoms with Crippen LogP contribution in [0.4, 0.5) is 17.1 Å². The molecule has 1 heterocycles. The molecule has 11 rings (SSSR count). The molecule has 0 radical (unpaired) electrons. The van der Waals surface area contributed by atoms with Crippen LogP contribution in [0.3, 0.4) is 0 Å². The molecule has 1 aromatic heterocycles. The highest BCUT2D eigenvalue weighted by atomic mass is 28.3. The van der Waals surface area contributed by atoms with E-state index in [9.17, 15) is 0 Å². The van der Waals surface area contributed by atoms with Gasteiger partial charge in [0.15, 0.2) is 8.07 Å². The molecule has 1 unspecified atom stereocenters. The maximum absolute atomic E-state index is 2.93. The van der Waals surface area contributed by atoms with Gasteiger partial charge in [0.05, 0.1) is 11.0 Å². The quantitative estimate of drug-likeness (QED) is 0.0931. The van der Waals surface area contributed by atoms with Crippen molar-refractivity contribution in [3.63, 3.8) is 0 Å². The first-order valence-electron chi connectivity index (χ1n) is 22.1. The summed E-state index contributed by atoms with van der Waals surface area (Å²) in [6.07, 6.45) is 0. The Morgan fingerprint density at radius 1 is 0.297 bits per heavy atom. The van der Waals surface area contributed by atoms with Crippen molar-refractivity contribution in [3.05, 3.63) is 290 Å². The van der Waals surface area contributed by atoms with Gasteiger partial charge in [0.25, 0.3) is 0 Å². The van der Waals surface area contributed by atoms with Crippen LogP contribution in [0.2, 0.25) is 0 Å². The molecule has 2 nitrogen and oxygen atoms in total. The first-order valence-corrected chi connectivity index (χ1v) is 24.1. The Hall–Kier alpha value is -7.98. The molecule has 64 heavy (non-hydrogen) atoms. The minimum Gasteiger partial charge on any atom is -0.311 e. The summed E-state index contributed by atoms with van der Waals surface area (Å²) < 4.78 is 2.40. The smallest absolute Gasteiger partial charge is 0.179 e. The van der Waals surface area contributed by atoms with Gasteiger partial charge in [-0.05, 0) is 104 Å². The highest BCUT2D eigenvalue weighted by molar-refractivity contribution is 7.19. The Bertz CT molecular complexity index is 3220. The Labute approximate surface area is 376 Å². The van der Waals surface area contributed by atoms with Crippen LogP contribution in [0.5, 0.6) is 0 Å². The van der Waals surface area contributed by atoms with E-state index in [0.717, 1.165) is 22.7 Å². The largest absolute Gasteiger partial charge is 0.311 e. The molecular formula is C61H46N2Si. The second-order valence-corrected chi connectivity index (χ2v) is 20.3. The predicted octanol–water partition coefficient (Wildman–Crippen LogP) is 12.8. The average Bonchev–Trinajstić information content (AvgIpc) is 3.71. The highest BCUT2D eigenvalue weighted by Gasteiger charge is 2.42. The Morgan fingerprint density at radius 2 is 0.734 bits per heavy atom. The van der Waals surface area contributed by atoms with E-state index in [2.05, 4.69) is 282 Å². The standard InChI is InChI=1S/C61H46N2Si/c1-7-22-46(23-8-1)61(48-38-43-60-58(45-48)57-36-19-20-37-59(57)63(60)51-29-13-4-14-30-51)47-24-21-35-56(44-47)64(53-31-15-5-16-32-53,54-33-17-6-18-34-54)55-41-39-52(40-42-55)62(49-25-9-2-10-26-49)50-27-11-3-12-28-50/h1-45,61H. The van der Waals surface area contributed by atoms with Gasteiger partial charge in [0, 0.05) is 39.4 Å². The van der Waals surface area contributed by atoms with Crippen LogP contribution in [-0.4, -0.2) is 12.6 Å². The van der Waals surface area contributed by atoms with Gasteiger partial charge in [-0.1, -0.05) is 206 Å². The molecule has 3 heteroatoms. The molecule has 0 saturated carbocycles. The molecule has 0 amide bonds. The molecule has 304 valence electrons. The average molecular weight is 835 g/mol. The molecule has 0 aliphatic carbocycles. The maximum atomic E-state index is 2.54. The zero-order valence-electron chi connectivity index (χ0n) is 35.5. The lowest BCUT2D eigenvalue weighted by atomic mass is 9.84. The molecule has 0 N–H and O–H groups in total. The molecule has 11 aromatic rings. The number of rotatable bonds is 11. The normalized spacial score (nSPS) is 12.0. The predicted molar refractivity (Wildman–Crippen MR) is 273 cm³/mol. The van der Waals surface area contributed by atoms with Gasteiger partial charge in [0.1, 0.15) is 0 Å². The first kappa shape index (κ1) is 38.9. The minimum atomic E-state index is -2.93. The topological polar surface area (TPSA) is 8.17 Å². The third-order valence-electron chi connectivity index (χ3n) is 12.8. The van der Waals surface area contributed by atoms with E-state index in [-0.39, 0.29) is 5.92 Å². The van der Waals surface area contributed by atoms with E-state index >= 15 is 0 Å². The van der Waals surface area contributed by atoms with Gasteiger partial charge < -0.3 is 9.47 Å². The van der Waals surface area contributed by atoms with Crippen LogP contribution in [-0.2, 0) is 0 Å². The van der Waals surface area contributed by atoms with Crippen LogP contribution in [0.15, 0.2) is 273 Å². The fraction of sp³-hybridized carbons (Fsp3) is 0.0164. The fourth-order valence-electron chi connectivity index (χ4n) is 10.0. The maximum Gasteiger partial charge on any atom is 0.179 e. The molecular weight excluding hydrogens is 789 g/mol. The van der Waals surface area contributed by atoms with Crippen molar-refractivity contribution in [2.24, 2.45) is 0 Å². The Kier molecular flexibility index (Phi) is 10.4. The monoisotopic (exact) mass is 834 g/mol. The summed E-state index contributed by atoms with van der Waals surface area (Å²) in [5, 5.41) is 7.89. The molecule has 0 spiro atoms. The number of fused-ring (bicyclic) bond motifs is 3. The van der Waals surface area contributed by atoms with E-state index in [1.807, 2.05) is 0 Å². The van der Waals surface area contributed by atoms with Crippen molar-refractivity contribution in [2.75, 3.05) is 4.90 Å². The summed E-state index contributed by atoms with van der Waals surface area (Å²) in [6, 6.07) is 101. The third kappa shape index (κ3) is 6.93. The molecule has 0 bridgehead atoms. The molecule has 10 aromatic carbocycles. The molecule has 1 atom stereocenters. The van der Waals surface area contributed by atoms with Crippen LogP contribution in [0, 0.1) is 0 Å². The SMILES string of the molecule is c1ccc(C(c2cccc([Si](c3ccccc3)(c3ccccc3)c3ccc(N(c4ccccc4)c4ccccc4)cc3)c2)c2ccc3c(c2)c2ccccc2n3-c2ccccc2)cc1. The second-order valence-electron chi connectivity index (χ2n) is 16.5. The van der Waals surface area contributed by atoms with Crippen molar-refractivity contribution in [1.82, 2.24) is 4.57 Å². The summed E-state index contributed by atoms with van der Waals surface area (Å²) in [5.41, 5.74) is 10.8. The third-order valence-corrected chi connectivity index (χ3v) is 17.6. The van der Waals surface area contributed by atoms with Crippen LogP contribution in [0.1, 0.15) is 22.6 Å². The van der Waals surface area contributed by atoms with Gasteiger partial charge in [-0.15, -0.1) is 0 Å². The summed E-state index contributed by atoms with van der Waals surface area (Å²) in [6.45, 7) is 0. The number of hydrogen-bond donors (Lipinski definition) is 0.